The highest BCUT2D eigenvalue weighted by Gasteiger charge is 2.20. The Morgan fingerprint density at radius 2 is 2.09 bits per heavy atom. The molecule has 0 radical (unpaired) electrons. The van der Waals surface area contributed by atoms with Crippen molar-refractivity contribution in [1.82, 2.24) is 20.4 Å². The van der Waals surface area contributed by atoms with Gasteiger partial charge in [0.25, 0.3) is 0 Å². The van der Waals surface area contributed by atoms with Gasteiger partial charge in [0.2, 0.25) is 0 Å². The molecule has 1 aromatic heterocycles. The van der Waals surface area contributed by atoms with Crippen molar-refractivity contribution in [3.63, 3.8) is 0 Å². The van der Waals surface area contributed by atoms with Crippen molar-refractivity contribution in [2.45, 2.75) is 26.2 Å². The highest BCUT2D eigenvalue weighted by Crippen LogP contribution is 2.28. The Bertz CT molecular complexity index is 611. The van der Waals surface area contributed by atoms with E-state index in [9.17, 15) is 0 Å². The van der Waals surface area contributed by atoms with Crippen LogP contribution in [0.4, 0.5) is 0 Å². The summed E-state index contributed by atoms with van der Waals surface area (Å²) in [6.45, 7) is 4.84. The summed E-state index contributed by atoms with van der Waals surface area (Å²) in [6, 6.07) is 10.5. The zero-order valence-corrected chi connectivity index (χ0v) is 13.7. The van der Waals surface area contributed by atoms with Crippen LogP contribution in [0.3, 0.4) is 0 Å². The molecule has 1 saturated carbocycles. The summed E-state index contributed by atoms with van der Waals surface area (Å²) in [5.74, 6) is 1.76. The lowest BCUT2D eigenvalue weighted by Crippen LogP contribution is -2.38. The molecular weight excluding hydrogens is 286 g/mol. The Kier molecular flexibility index (Phi) is 5.29. The normalized spacial score (nSPS) is 14.7. The summed E-state index contributed by atoms with van der Waals surface area (Å²) in [5, 5.41) is 11.0. The maximum atomic E-state index is 4.64. The standard InChI is InChI=1S/C18H25N5/c1-2-19-18(21-14-16-4-5-16)20-12-10-15-6-8-17(9-7-15)23-13-3-11-22-23/h3,6-9,11,13,16H,2,4-5,10,12,14H2,1H3,(H2,19,20,21). The second kappa shape index (κ2) is 7.81. The predicted molar refractivity (Wildman–Crippen MR) is 94.0 cm³/mol. The number of nitrogens with zero attached hydrogens (tertiary/aromatic N) is 3. The molecule has 0 amide bonds. The van der Waals surface area contributed by atoms with E-state index in [1.54, 1.807) is 6.20 Å². The molecular formula is C18H25N5. The van der Waals surface area contributed by atoms with E-state index < -0.39 is 0 Å². The molecule has 0 aliphatic heterocycles. The number of benzene rings is 1. The molecule has 1 fully saturated rings. The minimum Gasteiger partial charge on any atom is -0.357 e. The van der Waals surface area contributed by atoms with Crippen molar-refractivity contribution < 1.29 is 0 Å². The smallest absolute Gasteiger partial charge is 0.191 e. The number of guanidine groups is 1. The van der Waals surface area contributed by atoms with Crippen molar-refractivity contribution in [2.24, 2.45) is 10.9 Å². The van der Waals surface area contributed by atoms with E-state index in [2.05, 4.69) is 51.9 Å². The average molecular weight is 311 g/mol. The summed E-state index contributed by atoms with van der Waals surface area (Å²) >= 11 is 0. The van der Waals surface area contributed by atoms with Crippen molar-refractivity contribution in [3.8, 4) is 5.69 Å². The second-order valence-electron chi connectivity index (χ2n) is 5.96. The van der Waals surface area contributed by atoms with Gasteiger partial charge in [-0.05, 0) is 55.9 Å². The predicted octanol–water partition coefficient (Wildman–Crippen LogP) is 2.38. The SMILES string of the molecule is CCNC(=NCC1CC1)NCCc1ccc(-n2cccn2)cc1. The number of hydrogen-bond donors (Lipinski definition) is 2. The number of aliphatic imine (C=N–C) groups is 1. The lowest BCUT2D eigenvalue weighted by molar-refractivity contribution is 0.776. The summed E-state index contributed by atoms with van der Waals surface area (Å²) in [4.78, 5) is 4.64. The maximum absolute atomic E-state index is 4.64. The van der Waals surface area contributed by atoms with Gasteiger partial charge in [0.05, 0.1) is 5.69 Å². The summed E-state index contributed by atoms with van der Waals surface area (Å²) < 4.78 is 1.87. The highest BCUT2D eigenvalue weighted by atomic mass is 15.3. The number of hydrogen-bond acceptors (Lipinski definition) is 2. The first-order chi connectivity index (χ1) is 11.3. The van der Waals surface area contributed by atoms with Crippen LogP contribution in [0.5, 0.6) is 0 Å². The van der Waals surface area contributed by atoms with Crippen LogP contribution in [-0.2, 0) is 6.42 Å². The van der Waals surface area contributed by atoms with Gasteiger partial charge in [-0.15, -0.1) is 0 Å². The van der Waals surface area contributed by atoms with Crippen LogP contribution in [0.25, 0.3) is 5.69 Å². The molecule has 122 valence electrons. The van der Waals surface area contributed by atoms with Crippen LogP contribution in [0.2, 0.25) is 0 Å². The van der Waals surface area contributed by atoms with Crippen LogP contribution >= 0.6 is 0 Å². The molecule has 0 saturated heterocycles. The fourth-order valence-electron chi connectivity index (χ4n) is 2.42. The fraction of sp³-hybridized carbons (Fsp3) is 0.444. The number of nitrogens with one attached hydrogen (secondary N) is 2. The molecule has 23 heavy (non-hydrogen) atoms. The molecule has 1 aliphatic carbocycles. The van der Waals surface area contributed by atoms with E-state index in [0.29, 0.717) is 0 Å². The lowest BCUT2D eigenvalue weighted by Gasteiger charge is -2.11. The van der Waals surface area contributed by atoms with E-state index in [4.69, 9.17) is 0 Å². The molecule has 1 heterocycles. The average Bonchev–Trinajstić information content (AvgIpc) is 3.24. The van der Waals surface area contributed by atoms with Gasteiger partial charge < -0.3 is 10.6 Å². The van der Waals surface area contributed by atoms with E-state index >= 15 is 0 Å². The van der Waals surface area contributed by atoms with Crippen LogP contribution in [0, 0.1) is 5.92 Å². The number of aromatic nitrogens is 2. The first-order valence-electron chi connectivity index (χ1n) is 8.46. The van der Waals surface area contributed by atoms with Crippen molar-refractivity contribution >= 4 is 5.96 Å². The van der Waals surface area contributed by atoms with Gasteiger partial charge in [-0.2, -0.15) is 5.10 Å². The lowest BCUT2D eigenvalue weighted by atomic mass is 10.1. The Hall–Kier alpha value is -2.30. The quantitative estimate of drug-likeness (QED) is 0.610. The molecule has 0 spiro atoms. The molecule has 0 bridgehead atoms. The van der Waals surface area contributed by atoms with E-state index in [-0.39, 0.29) is 0 Å². The van der Waals surface area contributed by atoms with E-state index in [0.717, 1.165) is 43.6 Å². The maximum Gasteiger partial charge on any atom is 0.191 e. The van der Waals surface area contributed by atoms with Gasteiger partial charge in [0.15, 0.2) is 5.96 Å². The monoisotopic (exact) mass is 311 g/mol. The highest BCUT2D eigenvalue weighted by molar-refractivity contribution is 5.79. The molecule has 1 aromatic carbocycles. The second-order valence-corrected chi connectivity index (χ2v) is 5.96. The third-order valence-electron chi connectivity index (χ3n) is 3.96. The zero-order chi connectivity index (χ0) is 15.9. The Balaban J connectivity index is 1.48. The molecule has 3 rings (SSSR count). The van der Waals surface area contributed by atoms with Crippen LogP contribution in [0.15, 0.2) is 47.7 Å². The van der Waals surface area contributed by atoms with Crippen molar-refractivity contribution in [3.05, 3.63) is 48.3 Å². The summed E-state index contributed by atoms with van der Waals surface area (Å²) in [7, 11) is 0. The molecule has 1 aliphatic rings. The molecule has 2 aromatic rings. The fourth-order valence-corrected chi connectivity index (χ4v) is 2.42. The largest absolute Gasteiger partial charge is 0.357 e. The van der Waals surface area contributed by atoms with Crippen LogP contribution in [-0.4, -0.2) is 35.4 Å². The Morgan fingerprint density at radius 3 is 2.74 bits per heavy atom. The minimum atomic E-state index is 0.820. The van der Waals surface area contributed by atoms with Crippen molar-refractivity contribution in [2.75, 3.05) is 19.6 Å². The van der Waals surface area contributed by atoms with Gasteiger partial charge >= 0.3 is 0 Å². The first kappa shape index (κ1) is 15.6. The molecule has 5 nitrogen and oxygen atoms in total. The topological polar surface area (TPSA) is 54.2 Å². The van der Waals surface area contributed by atoms with Gasteiger partial charge in [-0.3, -0.25) is 4.99 Å². The third kappa shape index (κ3) is 4.84. The minimum absolute atomic E-state index is 0.820. The molecule has 5 heteroatoms. The van der Waals surface area contributed by atoms with Gasteiger partial charge in [0.1, 0.15) is 0 Å². The first-order valence-corrected chi connectivity index (χ1v) is 8.46. The summed E-state index contributed by atoms with van der Waals surface area (Å²) in [6.07, 6.45) is 7.40. The van der Waals surface area contributed by atoms with Crippen molar-refractivity contribution in [1.29, 1.82) is 0 Å². The van der Waals surface area contributed by atoms with Gasteiger partial charge in [-0.1, -0.05) is 12.1 Å². The Morgan fingerprint density at radius 1 is 1.26 bits per heavy atom. The van der Waals surface area contributed by atoms with E-state index in [1.165, 1.54) is 18.4 Å². The zero-order valence-electron chi connectivity index (χ0n) is 13.7. The molecule has 2 N–H and O–H groups in total. The molecule has 0 unspecified atom stereocenters. The summed E-state index contributed by atoms with van der Waals surface area (Å²) in [5.41, 5.74) is 2.40. The van der Waals surface area contributed by atoms with Gasteiger partial charge in [0, 0.05) is 32.0 Å². The third-order valence-corrected chi connectivity index (χ3v) is 3.96. The van der Waals surface area contributed by atoms with Crippen LogP contribution in [0.1, 0.15) is 25.3 Å². The molecule has 0 atom stereocenters. The van der Waals surface area contributed by atoms with E-state index in [1.807, 2.05) is 16.9 Å². The Labute approximate surface area is 137 Å². The van der Waals surface area contributed by atoms with Crippen LogP contribution < -0.4 is 10.6 Å². The number of rotatable bonds is 7. The van der Waals surface area contributed by atoms with Gasteiger partial charge in [-0.25, -0.2) is 4.68 Å².